The van der Waals surface area contributed by atoms with E-state index in [4.69, 9.17) is 4.74 Å². The molecule has 170 valence electrons. The Morgan fingerprint density at radius 2 is 1.78 bits per heavy atom. The minimum atomic E-state index is -0.737. The summed E-state index contributed by atoms with van der Waals surface area (Å²) in [5.41, 5.74) is 4.47. The number of allylic oxidation sites excluding steroid dienone is 4. The Balaban J connectivity index is 1.33. The van der Waals surface area contributed by atoms with Gasteiger partial charge in [-0.1, -0.05) is 80.8 Å². The average Bonchev–Trinajstić information content (AvgIpc) is 2.84. The van der Waals surface area contributed by atoms with Crippen molar-refractivity contribution < 1.29 is 13.5 Å². The molecule has 0 saturated carbocycles. The maximum absolute atomic E-state index is 14.3. The van der Waals surface area contributed by atoms with E-state index in [1.54, 1.807) is 19.1 Å². The van der Waals surface area contributed by atoms with Gasteiger partial charge in [-0.05, 0) is 66.4 Å². The molecule has 0 spiro atoms. The van der Waals surface area contributed by atoms with Gasteiger partial charge in [-0.2, -0.15) is 0 Å². The molecule has 4 rings (SSSR count). The summed E-state index contributed by atoms with van der Waals surface area (Å²) in [6, 6.07) is 12.0. The summed E-state index contributed by atoms with van der Waals surface area (Å²) >= 11 is 0. The van der Waals surface area contributed by atoms with Crippen LogP contribution in [0.5, 0.6) is 0 Å². The molecule has 2 aliphatic rings. The molecule has 3 heteroatoms. The first-order chi connectivity index (χ1) is 15.6. The van der Waals surface area contributed by atoms with Crippen LogP contribution in [0.3, 0.4) is 0 Å². The highest BCUT2D eigenvalue weighted by atomic mass is 19.2. The SMILES string of the molecule is CCCCCC1C=CC(c2ccc(C3CCC(c4ccc(C)c(F)c4F)CO3)cc2)=CC1. The lowest BCUT2D eigenvalue weighted by Crippen LogP contribution is -2.20. The predicted octanol–water partition coefficient (Wildman–Crippen LogP) is 8.45. The molecule has 0 radical (unpaired) electrons. The number of ether oxygens (including phenoxy) is 1. The van der Waals surface area contributed by atoms with E-state index >= 15 is 0 Å². The molecule has 0 aromatic heterocycles. The van der Waals surface area contributed by atoms with E-state index in [9.17, 15) is 8.78 Å². The van der Waals surface area contributed by atoms with Crippen LogP contribution < -0.4 is 0 Å². The maximum Gasteiger partial charge on any atom is 0.162 e. The van der Waals surface area contributed by atoms with Crippen LogP contribution in [0.25, 0.3) is 5.57 Å². The van der Waals surface area contributed by atoms with Gasteiger partial charge < -0.3 is 4.74 Å². The van der Waals surface area contributed by atoms with Gasteiger partial charge in [0.1, 0.15) is 0 Å². The zero-order valence-corrected chi connectivity index (χ0v) is 19.2. The van der Waals surface area contributed by atoms with Crippen molar-refractivity contribution >= 4 is 5.57 Å². The van der Waals surface area contributed by atoms with Crippen molar-refractivity contribution in [2.24, 2.45) is 5.92 Å². The van der Waals surface area contributed by atoms with Crippen molar-refractivity contribution in [2.75, 3.05) is 6.61 Å². The van der Waals surface area contributed by atoms with Gasteiger partial charge in [0.2, 0.25) is 0 Å². The second kappa shape index (κ2) is 10.6. The largest absolute Gasteiger partial charge is 0.373 e. The molecule has 0 N–H and O–H groups in total. The van der Waals surface area contributed by atoms with Gasteiger partial charge in [-0.3, -0.25) is 0 Å². The first kappa shape index (κ1) is 22.9. The lowest BCUT2D eigenvalue weighted by atomic mass is 9.87. The van der Waals surface area contributed by atoms with Gasteiger partial charge in [0, 0.05) is 5.92 Å². The van der Waals surface area contributed by atoms with Crippen LogP contribution in [-0.4, -0.2) is 6.61 Å². The molecule has 1 fully saturated rings. The lowest BCUT2D eigenvalue weighted by Gasteiger charge is -2.30. The normalized spacial score (nSPS) is 23.2. The number of hydrogen-bond donors (Lipinski definition) is 0. The van der Waals surface area contributed by atoms with Crippen molar-refractivity contribution in [3.63, 3.8) is 0 Å². The van der Waals surface area contributed by atoms with Crippen LogP contribution in [0.4, 0.5) is 8.78 Å². The molecule has 1 aliphatic carbocycles. The summed E-state index contributed by atoms with van der Waals surface area (Å²) in [6.45, 7) is 4.25. The summed E-state index contributed by atoms with van der Waals surface area (Å²) < 4.78 is 34.4. The Kier molecular flexibility index (Phi) is 7.57. The second-order valence-electron chi connectivity index (χ2n) is 9.33. The topological polar surface area (TPSA) is 9.23 Å². The van der Waals surface area contributed by atoms with Crippen molar-refractivity contribution in [3.05, 3.63) is 88.5 Å². The fourth-order valence-electron chi connectivity index (χ4n) is 4.88. The molecule has 32 heavy (non-hydrogen) atoms. The highest BCUT2D eigenvalue weighted by molar-refractivity contribution is 5.75. The molecule has 0 bridgehead atoms. The zero-order valence-electron chi connectivity index (χ0n) is 19.2. The van der Waals surface area contributed by atoms with E-state index in [1.807, 2.05) is 0 Å². The van der Waals surface area contributed by atoms with Crippen molar-refractivity contribution in [1.29, 1.82) is 0 Å². The Bertz CT molecular complexity index is 965. The molecule has 1 heterocycles. The molecule has 0 amide bonds. The van der Waals surface area contributed by atoms with Crippen LogP contribution in [0.15, 0.2) is 54.6 Å². The fraction of sp³-hybridized carbons (Fsp3) is 0.448. The molecule has 1 saturated heterocycles. The maximum atomic E-state index is 14.3. The molecule has 3 atom stereocenters. The van der Waals surface area contributed by atoms with Gasteiger partial charge in [-0.15, -0.1) is 0 Å². The van der Waals surface area contributed by atoms with Gasteiger partial charge in [0.15, 0.2) is 11.6 Å². The van der Waals surface area contributed by atoms with Gasteiger partial charge >= 0.3 is 0 Å². The summed E-state index contributed by atoms with van der Waals surface area (Å²) in [5, 5.41) is 0. The van der Waals surface area contributed by atoms with Crippen LogP contribution in [0.2, 0.25) is 0 Å². The summed E-state index contributed by atoms with van der Waals surface area (Å²) in [4.78, 5) is 0. The van der Waals surface area contributed by atoms with Crippen LogP contribution in [0.1, 0.15) is 86.1 Å². The molecular weight excluding hydrogens is 402 g/mol. The minimum absolute atomic E-state index is 0.0116. The van der Waals surface area contributed by atoms with Crippen LogP contribution >= 0.6 is 0 Å². The van der Waals surface area contributed by atoms with Crippen molar-refractivity contribution in [2.45, 2.75) is 70.8 Å². The van der Waals surface area contributed by atoms with E-state index in [1.165, 1.54) is 36.8 Å². The molecule has 3 unspecified atom stereocenters. The first-order valence-electron chi connectivity index (χ1n) is 12.1. The average molecular weight is 437 g/mol. The molecule has 1 nitrogen and oxygen atoms in total. The number of halogens is 2. The smallest absolute Gasteiger partial charge is 0.162 e. The predicted molar refractivity (Wildman–Crippen MR) is 128 cm³/mol. The number of benzene rings is 2. The van der Waals surface area contributed by atoms with Gasteiger partial charge in [0.05, 0.1) is 12.7 Å². The van der Waals surface area contributed by atoms with Gasteiger partial charge in [-0.25, -0.2) is 8.78 Å². The molecule has 1 aliphatic heterocycles. The number of hydrogen-bond acceptors (Lipinski definition) is 1. The van der Waals surface area contributed by atoms with Crippen LogP contribution in [0, 0.1) is 24.5 Å². The molecule has 2 aromatic carbocycles. The van der Waals surface area contributed by atoms with Crippen molar-refractivity contribution in [1.82, 2.24) is 0 Å². The first-order valence-corrected chi connectivity index (χ1v) is 12.1. The van der Waals surface area contributed by atoms with E-state index in [2.05, 4.69) is 49.4 Å². The van der Waals surface area contributed by atoms with E-state index < -0.39 is 11.6 Å². The van der Waals surface area contributed by atoms with E-state index in [-0.39, 0.29) is 12.0 Å². The Hall–Kier alpha value is -2.26. The Morgan fingerprint density at radius 3 is 2.44 bits per heavy atom. The van der Waals surface area contributed by atoms with Gasteiger partial charge in [0.25, 0.3) is 0 Å². The van der Waals surface area contributed by atoms with Crippen molar-refractivity contribution in [3.8, 4) is 0 Å². The van der Waals surface area contributed by atoms with E-state index in [0.29, 0.717) is 23.7 Å². The third-order valence-electron chi connectivity index (χ3n) is 7.00. The number of unbranched alkanes of at least 4 members (excludes halogenated alkanes) is 2. The fourth-order valence-corrected chi connectivity index (χ4v) is 4.88. The molecular formula is C29H34F2O. The number of rotatable bonds is 7. The third kappa shape index (κ3) is 5.20. The standard InChI is InChI=1S/C29H34F2O/c1-3-4-5-6-21-8-10-22(11-9-21)23-12-14-24(15-13-23)27-18-16-25(19-32-27)26-17-7-20(2)28(30)29(26)31/h7-8,10-15,17,21,25,27H,3-6,9,16,18-19H2,1-2H3. The third-order valence-corrected chi connectivity index (χ3v) is 7.00. The molecule has 2 aromatic rings. The minimum Gasteiger partial charge on any atom is -0.373 e. The highest BCUT2D eigenvalue weighted by Crippen LogP contribution is 2.37. The zero-order chi connectivity index (χ0) is 22.5. The Labute approximate surface area is 191 Å². The summed E-state index contributed by atoms with van der Waals surface area (Å²) in [6.07, 6.45) is 14.9. The summed E-state index contributed by atoms with van der Waals surface area (Å²) in [7, 11) is 0. The van der Waals surface area contributed by atoms with E-state index in [0.717, 1.165) is 24.8 Å². The Morgan fingerprint density at radius 1 is 0.969 bits per heavy atom. The monoisotopic (exact) mass is 436 g/mol. The second-order valence-corrected chi connectivity index (χ2v) is 9.33. The quantitative estimate of drug-likeness (QED) is 0.396. The highest BCUT2D eigenvalue weighted by Gasteiger charge is 2.27. The van der Waals surface area contributed by atoms with Crippen LogP contribution in [-0.2, 0) is 4.74 Å². The lowest BCUT2D eigenvalue weighted by molar-refractivity contribution is 0.00162. The number of aryl methyl sites for hydroxylation is 1. The summed E-state index contributed by atoms with van der Waals surface area (Å²) in [5.74, 6) is -0.871.